The van der Waals surface area contributed by atoms with Gasteiger partial charge in [0.05, 0.1) is 24.0 Å². The molecule has 224 valence electrons. The number of benzene rings is 2. The van der Waals surface area contributed by atoms with E-state index in [1.54, 1.807) is 0 Å². The number of halogens is 6. The van der Waals surface area contributed by atoms with Crippen molar-refractivity contribution in [3.63, 3.8) is 0 Å². The maximum Gasteiger partial charge on any atom is 0.435 e. The molecule has 1 unspecified atom stereocenters. The fraction of sp³-hybridized carbons (Fsp3) is 0.300. The molecule has 2 heterocycles. The molecular formula is C30H25F6N5O2. The van der Waals surface area contributed by atoms with Crippen LogP contribution in [0.1, 0.15) is 63.7 Å². The van der Waals surface area contributed by atoms with Crippen molar-refractivity contribution in [1.29, 1.82) is 0 Å². The standard InChI is InChI=1S/C30H25F6N5O2/c31-19-10-16(11-20(32)14-19)9-18(27-22(7-8-38-39-27)17-5-6-25(33)24(13-17)29(37)43)12-21(42)15-41-26-4-2-1-3-23(26)28(40-41)30(34,35)36/h5-8,10-11,13-14,18H,1-4,9,12,15H2,(H2,37,43). The van der Waals surface area contributed by atoms with Crippen molar-refractivity contribution < 1.29 is 35.9 Å². The zero-order valence-electron chi connectivity index (χ0n) is 22.6. The number of fused-ring (bicyclic) bond motifs is 1. The first-order chi connectivity index (χ1) is 20.4. The lowest BCUT2D eigenvalue weighted by Gasteiger charge is -2.20. The summed E-state index contributed by atoms with van der Waals surface area (Å²) in [4.78, 5) is 25.2. The first-order valence-electron chi connectivity index (χ1n) is 13.4. The summed E-state index contributed by atoms with van der Waals surface area (Å²) < 4.78 is 84.5. The van der Waals surface area contributed by atoms with E-state index >= 15 is 0 Å². The first kappa shape index (κ1) is 29.9. The zero-order valence-corrected chi connectivity index (χ0v) is 22.6. The topological polar surface area (TPSA) is 104 Å². The van der Waals surface area contributed by atoms with Gasteiger partial charge >= 0.3 is 6.18 Å². The predicted molar refractivity (Wildman–Crippen MR) is 142 cm³/mol. The van der Waals surface area contributed by atoms with Crippen LogP contribution in [0.15, 0.2) is 48.7 Å². The highest BCUT2D eigenvalue weighted by atomic mass is 19.4. The van der Waals surface area contributed by atoms with Gasteiger partial charge in [0.15, 0.2) is 11.5 Å². The second-order valence-corrected chi connectivity index (χ2v) is 10.4. The van der Waals surface area contributed by atoms with Crippen LogP contribution in [-0.4, -0.2) is 31.7 Å². The number of ketones is 1. The zero-order chi connectivity index (χ0) is 30.9. The van der Waals surface area contributed by atoms with Crippen LogP contribution in [0.5, 0.6) is 0 Å². The van der Waals surface area contributed by atoms with E-state index in [9.17, 15) is 35.9 Å². The summed E-state index contributed by atoms with van der Waals surface area (Å²) in [7, 11) is 0. The van der Waals surface area contributed by atoms with E-state index in [0.29, 0.717) is 42.1 Å². The van der Waals surface area contributed by atoms with Crippen molar-refractivity contribution in [2.24, 2.45) is 5.73 Å². The minimum atomic E-state index is -4.67. The highest BCUT2D eigenvalue weighted by Gasteiger charge is 2.39. The summed E-state index contributed by atoms with van der Waals surface area (Å²) in [5.74, 6) is -4.90. The molecule has 13 heteroatoms. The quantitative estimate of drug-likeness (QED) is 0.247. The smallest absolute Gasteiger partial charge is 0.366 e. The average Bonchev–Trinajstić information content (AvgIpc) is 3.31. The summed E-state index contributed by atoms with van der Waals surface area (Å²) in [6.45, 7) is -0.454. The van der Waals surface area contributed by atoms with Crippen molar-refractivity contribution >= 4 is 11.7 Å². The van der Waals surface area contributed by atoms with Crippen molar-refractivity contribution in [2.45, 2.75) is 57.2 Å². The minimum absolute atomic E-state index is 0.0936. The Hall–Kier alpha value is -4.55. The first-order valence-corrected chi connectivity index (χ1v) is 13.4. The molecule has 7 nitrogen and oxygen atoms in total. The summed E-state index contributed by atoms with van der Waals surface area (Å²) in [6.07, 6.45) is -1.94. The summed E-state index contributed by atoms with van der Waals surface area (Å²) in [6, 6.07) is 8.04. The highest BCUT2D eigenvalue weighted by molar-refractivity contribution is 5.94. The SMILES string of the molecule is NC(=O)c1cc(-c2ccnnc2C(CC(=O)Cn2nc(C(F)(F)F)c3c2CCCC3)Cc2cc(F)cc(F)c2)ccc1F. The number of rotatable bonds is 9. The Labute approximate surface area is 241 Å². The number of amides is 1. The molecule has 0 bridgehead atoms. The Morgan fingerprint density at radius 2 is 1.70 bits per heavy atom. The van der Waals surface area contributed by atoms with Gasteiger partial charge in [0.1, 0.15) is 17.5 Å². The molecule has 0 saturated heterocycles. The Kier molecular flexibility index (Phi) is 8.34. The molecule has 1 amide bonds. The minimum Gasteiger partial charge on any atom is -0.366 e. The number of carbonyl (C=O) groups is 2. The normalized spacial score (nSPS) is 13.9. The van der Waals surface area contributed by atoms with Crippen LogP contribution in [0, 0.1) is 17.5 Å². The third-order valence-electron chi connectivity index (χ3n) is 7.41. The average molecular weight is 602 g/mol. The number of hydrogen-bond donors (Lipinski definition) is 1. The van der Waals surface area contributed by atoms with Gasteiger partial charge < -0.3 is 5.73 Å². The van der Waals surface area contributed by atoms with Crippen LogP contribution in [0.25, 0.3) is 11.1 Å². The molecule has 0 spiro atoms. The lowest BCUT2D eigenvalue weighted by molar-refractivity contribution is -0.142. The predicted octanol–water partition coefficient (Wildman–Crippen LogP) is 5.74. The molecule has 1 aliphatic carbocycles. The molecule has 2 aromatic carbocycles. The molecular weight excluding hydrogens is 576 g/mol. The van der Waals surface area contributed by atoms with Gasteiger partial charge in [0.25, 0.3) is 5.91 Å². The lowest BCUT2D eigenvalue weighted by atomic mass is 9.87. The van der Waals surface area contributed by atoms with E-state index in [0.717, 1.165) is 22.9 Å². The fourth-order valence-corrected chi connectivity index (χ4v) is 5.58. The van der Waals surface area contributed by atoms with E-state index in [-0.39, 0.29) is 41.6 Å². The number of aromatic nitrogens is 4. The van der Waals surface area contributed by atoms with Crippen molar-refractivity contribution in [2.75, 3.05) is 0 Å². The number of nitrogens with zero attached hydrogens (tertiary/aromatic N) is 4. The van der Waals surface area contributed by atoms with Crippen LogP contribution >= 0.6 is 0 Å². The highest BCUT2D eigenvalue weighted by Crippen LogP contribution is 2.37. The van der Waals surface area contributed by atoms with Crippen LogP contribution < -0.4 is 5.73 Å². The third-order valence-corrected chi connectivity index (χ3v) is 7.41. The Bertz CT molecular complexity index is 1680. The number of primary amides is 1. The molecule has 0 saturated carbocycles. The van der Waals surface area contributed by atoms with Crippen molar-refractivity contribution in [3.8, 4) is 11.1 Å². The molecule has 0 radical (unpaired) electrons. The largest absolute Gasteiger partial charge is 0.435 e. The second kappa shape index (κ2) is 12.0. The molecule has 5 rings (SSSR count). The van der Waals surface area contributed by atoms with E-state index in [1.165, 1.54) is 24.4 Å². The second-order valence-electron chi connectivity index (χ2n) is 10.4. The van der Waals surface area contributed by atoms with Crippen molar-refractivity contribution in [3.05, 3.63) is 99.9 Å². The van der Waals surface area contributed by atoms with Crippen LogP contribution in [0.3, 0.4) is 0 Å². The van der Waals surface area contributed by atoms with Crippen LogP contribution in [-0.2, 0) is 36.8 Å². The number of carbonyl (C=O) groups excluding carboxylic acids is 2. The molecule has 1 aliphatic rings. The van der Waals surface area contributed by atoms with E-state index in [4.69, 9.17) is 5.73 Å². The maximum atomic E-state index is 14.2. The summed E-state index contributed by atoms with van der Waals surface area (Å²) >= 11 is 0. The van der Waals surface area contributed by atoms with Crippen LogP contribution in [0.4, 0.5) is 26.3 Å². The maximum absolute atomic E-state index is 14.2. The van der Waals surface area contributed by atoms with Gasteiger partial charge in [0.2, 0.25) is 0 Å². The molecule has 1 atom stereocenters. The summed E-state index contributed by atoms with van der Waals surface area (Å²) in [5.41, 5.74) is 5.43. The number of nitrogens with two attached hydrogens (primary N) is 1. The van der Waals surface area contributed by atoms with E-state index in [2.05, 4.69) is 15.3 Å². The Morgan fingerprint density at radius 1 is 0.977 bits per heavy atom. The van der Waals surface area contributed by atoms with Crippen molar-refractivity contribution in [1.82, 2.24) is 20.0 Å². The molecule has 2 N–H and O–H groups in total. The molecule has 0 fully saturated rings. The molecule has 2 aromatic heterocycles. The Balaban J connectivity index is 1.52. The van der Waals surface area contributed by atoms with Gasteiger partial charge in [-0.2, -0.15) is 28.5 Å². The Morgan fingerprint density at radius 3 is 2.40 bits per heavy atom. The lowest BCUT2D eigenvalue weighted by Crippen LogP contribution is -2.20. The number of hydrogen-bond acceptors (Lipinski definition) is 5. The number of alkyl halides is 3. The van der Waals surface area contributed by atoms with Gasteiger partial charge in [-0.15, -0.1) is 0 Å². The number of Topliss-reactive ketones (excluding diaryl/α,β-unsaturated/α-hetero) is 1. The van der Waals surface area contributed by atoms with Gasteiger partial charge in [0, 0.05) is 35.2 Å². The van der Waals surface area contributed by atoms with Gasteiger partial charge in [-0.05, 0) is 73.6 Å². The molecule has 43 heavy (non-hydrogen) atoms. The van der Waals surface area contributed by atoms with Gasteiger partial charge in [-0.3, -0.25) is 14.3 Å². The third kappa shape index (κ3) is 6.60. The monoisotopic (exact) mass is 601 g/mol. The van der Waals surface area contributed by atoms with Crippen LogP contribution in [0.2, 0.25) is 0 Å². The molecule has 0 aliphatic heterocycles. The van der Waals surface area contributed by atoms with E-state index < -0.39 is 53.5 Å². The van der Waals surface area contributed by atoms with E-state index in [1.807, 2.05) is 0 Å². The fourth-order valence-electron chi connectivity index (χ4n) is 5.58. The summed E-state index contributed by atoms with van der Waals surface area (Å²) in [5, 5.41) is 11.8. The molecule has 4 aromatic rings. The van der Waals surface area contributed by atoms with Gasteiger partial charge in [-0.25, -0.2) is 13.2 Å². The van der Waals surface area contributed by atoms with Gasteiger partial charge in [-0.1, -0.05) is 6.07 Å².